The number of aromatic nitrogens is 2. The summed E-state index contributed by atoms with van der Waals surface area (Å²) >= 11 is 5.84. The molecule has 0 saturated heterocycles. The number of halogens is 4. The number of alkyl halides is 3. The zero-order chi connectivity index (χ0) is 12.5. The molecule has 1 aromatic heterocycles. The molecule has 1 heterocycles. The van der Waals surface area contributed by atoms with Crippen LogP contribution in [0, 0.1) is 0 Å². The van der Waals surface area contributed by atoms with Gasteiger partial charge < -0.3 is 9.72 Å². The quantitative estimate of drug-likeness (QED) is 0.897. The van der Waals surface area contributed by atoms with Gasteiger partial charge in [-0.05, 0) is 18.2 Å². The second-order valence-electron chi connectivity index (χ2n) is 3.13. The SMILES string of the molecule is FC(F)(F)Oc1ccc(-c2ncc[nH]2)c(Cl)c1. The van der Waals surface area contributed by atoms with Crippen LogP contribution in [-0.2, 0) is 0 Å². The molecule has 1 aromatic carbocycles. The maximum Gasteiger partial charge on any atom is 0.573 e. The lowest BCUT2D eigenvalue weighted by molar-refractivity contribution is -0.274. The molecule has 0 unspecified atom stereocenters. The summed E-state index contributed by atoms with van der Waals surface area (Å²) in [5, 5.41) is 0.127. The molecular formula is C10H6ClF3N2O. The van der Waals surface area contributed by atoms with Crippen LogP contribution >= 0.6 is 11.6 Å². The minimum Gasteiger partial charge on any atom is -0.406 e. The first-order chi connectivity index (χ1) is 7.96. The van der Waals surface area contributed by atoms with E-state index < -0.39 is 6.36 Å². The van der Waals surface area contributed by atoms with Gasteiger partial charge in [-0.1, -0.05) is 11.6 Å². The Bertz CT molecular complexity index is 511. The minimum atomic E-state index is -4.73. The van der Waals surface area contributed by atoms with Crippen molar-refractivity contribution in [1.82, 2.24) is 9.97 Å². The van der Waals surface area contributed by atoms with Crippen molar-refractivity contribution in [2.45, 2.75) is 6.36 Å². The van der Waals surface area contributed by atoms with Gasteiger partial charge in [0, 0.05) is 18.0 Å². The van der Waals surface area contributed by atoms with Crippen molar-refractivity contribution in [3.8, 4) is 17.1 Å². The van der Waals surface area contributed by atoms with Crippen molar-refractivity contribution in [2.24, 2.45) is 0 Å². The van der Waals surface area contributed by atoms with E-state index in [1.807, 2.05) is 0 Å². The first-order valence-corrected chi connectivity index (χ1v) is 4.88. The van der Waals surface area contributed by atoms with E-state index in [1.54, 1.807) is 6.20 Å². The summed E-state index contributed by atoms with van der Waals surface area (Å²) in [6.07, 6.45) is -1.62. The fourth-order valence-corrected chi connectivity index (χ4v) is 1.56. The molecule has 0 fully saturated rings. The number of rotatable bonds is 2. The minimum absolute atomic E-state index is 0.127. The molecule has 0 aliphatic rings. The summed E-state index contributed by atoms with van der Waals surface area (Å²) in [5.41, 5.74) is 0.506. The Balaban J connectivity index is 2.30. The summed E-state index contributed by atoms with van der Waals surface area (Å²) < 4.78 is 39.6. The highest BCUT2D eigenvalue weighted by atomic mass is 35.5. The molecule has 0 aliphatic heterocycles. The first kappa shape index (κ1) is 11.8. The van der Waals surface area contributed by atoms with E-state index in [1.165, 1.54) is 18.3 Å². The Kier molecular flexibility index (Phi) is 2.97. The van der Waals surface area contributed by atoms with Gasteiger partial charge in [0.2, 0.25) is 0 Å². The zero-order valence-electron chi connectivity index (χ0n) is 8.25. The average molecular weight is 263 g/mol. The predicted octanol–water partition coefficient (Wildman–Crippen LogP) is 3.63. The van der Waals surface area contributed by atoms with Crippen molar-refractivity contribution in [1.29, 1.82) is 0 Å². The van der Waals surface area contributed by atoms with Crippen LogP contribution in [0.5, 0.6) is 5.75 Å². The van der Waals surface area contributed by atoms with Gasteiger partial charge in [0.05, 0.1) is 5.02 Å². The third-order valence-electron chi connectivity index (χ3n) is 1.93. The summed E-state index contributed by atoms with van der Waals surface area (Å²) in [6, 6.07) is 3.67. The number of hydrogen-bond donors (Lipinski definition) is 1. The van der Waals surface area contributed by atoms with E-state index in [2.05, 4.69) is 14.7 Å². The Morgan fingerprint density at radius 3 is 2.59 bits per heavy atom. The number of imidazole rings is 1. The fourth-order valence-electron chi connectivity index (χ4n) is 1.30. The zero-order valence-corrected chi connectivity index (χ0v) is 9.01. The van der Waals surface area contributed by atoms with Gasteiger partial charge in [-0.3, -0.25) is 0 Å². The van der Waals surface area contributed by atoms with Crippen LogP contribution in [0.4, 0.5) is 13.2 Å². The number of ether oxygens (including phenoxy) is 1. The summed E-state index contributed by atoms with van der Waals surface area (Å²) in [6.45, 7) is 0. The van der Waals surface area contributed by atoms with Crippen LogP contribution in [0.2, 0.25) is 5.02 Å². The monoisotopic (exact) mass is 262 g/mol. The van der Waals surface area contributed by atoms with Crippen LogP contribution in [0.1, 0.15) is 0 Å². The number of nitrogens with one attached hydrogen (secondary N) is 1. The Morgan fingerprint density at radius 1 is 1.29 bits per heavy atom. The molecule has 17 heavy (non-hydrogen) atoms. The summed E-state index contributed by atoms with van der Waals surface area (Å²) in [4.78, 5) is 6.75. The second kappa shape index (κ2) is 4.29. The largest absolute Gasteiger partial charge is 0.573 e. The fraction of sp³-hybridized carbons (Fsp3) is 0.100. The van der Waals surface area contributed by atoms with Crippen molar-refractivity contribution in [3.05, 3.63) is 35.6 Å². The van der Waals surface area contributed by atoms with Crippen molar-refractivity contribution in [2.75, 3.05) is 0 Å². The summed E-state index contributed by atoms with van der Waals surface area (Å²) in [7, 11) is 0. The van der Waals surface area contributed by atoms with E-state index >= 15 is 0 Å². The molecule has 0 spiro atoms. The van der Waals surface area contributed by atoms with E-state index in [0.717, 1.165) is 6.07 Å². The maximum absolute atomic E-state index is 12.0. The predicted molar refractivity (Wildman–Crippen MR) is 55.7 cm³/mol. The van der Waals surface area contributed by atoms with E-state index in [-0.39, 0.29) is 10.8 Å². The normalized spacial score (nSPS) is 11.5. The highest BCUT2D eigenvalue weighted by molar-refractivity contribution is 6.33. The Hall–Kier alpha value is -1.69. The van der Waals surface area contributed by atoms with E-state index in [4.69, 9.17) is 11.6 Å². The van der Waals surface area contributed by atoms with Crippen molar-refractivity contribution in [3.63, 3.8) is 0 Å². The number of nitrogens with zero attached hydrogens (tertiary/aromatic N) is 1. The Morgan fingerprint density at radius 2 is 2.06 bits per heavy atom. The lowest BCUT2D eigenvalue weighted by atomic mass is 10.2. The van der Waals surface area contributed by atoms with Crippen LogP contribution in [0.15, 0.2) is 30.6 Å². The standard InChI is InChI=1S/C10H6ClF3N2O/c11-8-5-6(17-10(12,13)14)1-2-7(8)9-15-3-4-16-9/h1-5H,(H,15,16). The molecule has 0 bridgehead atoms. The average Bonchev–Trinajstić information content (AvgIpc) is 2.68. The van der Waals surface area contributed by atoms with Gasteiger partial charge in [0.1, 0.15) is 11.6 Å². The molecule has 2 rings (SSSR count). The molecule has 7 heteroatoms. The van der Waals surface area contributed by atoms with Gasteiger partial charge in [-0.15, -0.1) is 13.2 Å². The number of aromatic amines is 1. The summed E-state index contributed by atoms with van der Waals surface area (Å²) in [5.74, 6) is 0.117. The molecule has 90 valence electrons. The van der Waals surface area contributed by atoms with Gasteiger partial charge >= 0.3 is 6.36 Å². The first-order valence-electron chi connectivity index (χ1n) is 4.51. The van der Waals surface area contributed by atoms with Crippen LogP contribution < -0.4 is 4.74 Å². The number of hydrogen-bond acceptors (Lipinski definition) is 2. The Labute approximate surface area is 99.2 Å². The highest BCUT2D eigenvalue weighted by Crippen LogP contribution is 2.31. The van der Waals surface area contributed by atoms with Crippen molar-refractivity contribution < 1.29 is 17.9 Å². The maximum atomic E-state index is 12.0. The molecule has 1 N–H and O–H groups in total. The second-order valence-corrected chi connectivity index (χ2v) is 3.53. The molecule has 0 amide bonds. The van der Waals surface area contributed by atoms with Gasteiger partial charge in [-0.2, -0.15) is 0 Å². The molecule has 0 saturated carbocycles. The van der Waals surface area contributed by atoms with Gasteiger partial charge in [0.25, 0.3) is 0 Å². The molecule has 0 aliphatic carbocycles. The van der Waals surface area contributed by atoms with Crippen molar-refractivity contribution >= 4 is 11.6 Å². The lowest BCUT2D eigenvalue weighted by Gasteiger charge is -2.09. The van der Waals surface area contributed by atoms with E-state index in [9.17, 15) is 13.2 Å². The third-order valence-corrected chi connectivity index (χ3v) is 2.24. The van der Waals surface area contributed by atoms with Gasteiger partial charge in [-0.25, -0.2) is 4.98 Å². The van der Waals surface area contributed by atoms with Crippen LogP contribution in [-0.4, -0.2) is 16.3 Å². The number of H-pyrrole nitrogens is 1. The topological polar surface area (TPSA) is 37.9 Å². The molecule has 3 nitrogen and oxygen atoms in total. The molecule has 0 radical (unpaired) electrons. The third kappa shape index (κ3) is 2.91. The number of benzene rings is 1. The lowest BCUT2D eigenvalue weighted by Crippen LogP contribution is -2.17. The van der Waals surface area contributed by atoms with E-state index in [0.29, 0.717) is 11.4 Å². The van der Waals surface area contributed by atoms with Crippen LogP contribution in [0.25, 0.3) is 11.4 Å². The van der Waals surface area contributed by atoms with Crippen LogP contribution in [0.3, 0.4) is 0 Å². The molecular weight excluding hydrogens is 257 g/mol. The smallest absolute Gasteiger partial charge is 0.406 e. The molecule has 2 aromatic rings. The highest BCUT2D eigenvalue weighted by Gasteiger charge is 2.31. The van der Waals surface area contributed by atoms with Gasteiger partial charge in [0.15, 0.2) is 0 Å². The molecule has 0 atom stereocenters.